The van der Waals surface area contributed by atoms with Crippen LogP contribution in [-0.2, 0) is 11.8 Å². The van der Waals surface area contributed by atoms with Crippen LogP contribution in [0.2, 0.25) is 0 Å². The number of nitrogens with one attached hydrogen (secondary N) is 1. The summed E-state index contributed by atoms with van der Waals surface area (Å²) in [4.78, 5) is 14.7. The number of carbonyl (C=O) groups is 1. The molecule has 144 valence electrons. The summed E-state index contributed by atoms with van der Waals surface area (Å²) in [5.41, 5.74) is 1.30. The summed E-state index contributed by atoms with van der Waals surface area (Å²) in [6.07, 6.45) is 7.22. The summed E-state index contributed by atoms with van der Waals surface area (Å²) in [5, 5.41) is 7.73. The van der Waals surface area contributed by atoms with Gasteiger partial charge in [0.2, 0.25) is 5.91 Å². The lowest BCUT2D eigenvalue weighted by molar-refractivity contribution is -0.133. The van der Waals surface area contributed by atoms with Crippen molar-refractivity contribution in [3.8, 4) is 0 Å². The van der Waals surface area contributed by atoms with Crippen LogP contribution in [0.15, 0.2) is 12.3 Å². The van der Waals surface area contributed by atoms with Crippen molar-refractivity contribution < 1.29 is 4.79 Å². The maximum Gasteiger partial charge on any atom is 0.222 e. The van der Waals surface area contributed by atoms with Crippen molar-refractivity contribution in [2.75, 3.05) is 26.2 Å². The highest BCUT2D eigenvalue weighted by atomic mass is 35.5. The third kappa shape index (κ3) is 5.60. The molecule has 1 aromatic heterocycles. The first kappa shape index (κ1) is 22.3. The zero-order chi connectivity index (χ0) is 16.2. The predicted molar refractivity (Wildman–Crippen MR) is 106 cm³/mol. The fraction of sp³-hybridized carbons (Fsp3) is 0.778. The zero-order valence-corrected chi connectivity index (χ0v) is 17.0. The van der Waals surface area contributed by atoms with E-state index in [1.165, 1.54) is 18.5 Å². The van der Waals surface area contributed by atoms with Crippen LogP contribution in [-0.4, -0.2) is 46.8 Å². The second-order valence-corrected chi connectivity index (χ2v) is 7.32. The van der Waals surface area contributed by atoms with Crippen molar-refractivity contribution in [1.29, 1.82) is 0 Å². The van der Waals surface area contributed by atoms with Gasteiger partial charge < -0.3 is 10.2 Å². The highest BCUT2D eigenvalue weighted by molar-refractivity contribution is 5.85. The molecule has 2 aliphatic heterocycles. The molecule has 2 saturated heterocycles. The Balaban J connectivity index is 0.00000156. The number of carbonyl (C=O) groups excluding carboxylic acids is 1. The molecule has 0 saturated carbocycles. The summed E-state index contributed by atoms with van der Waals surface area (Å²) in [5.74, 6) is 2.06. The van der Waals surface area contributed by atoms with Crippen LogP contribution >= 0.6 is 24.8 Å². The smallest absolute Gasteiger partial charge is 0.222 e. The van der Waals surface area contributed by atoms with Gasteiger partial charge in [-0.1, -0.05) is 6.92 Å². The van der Waals surface area contributed by atoms with Gasteiger partial charge in [0.1, 0.15) is 0 Å². The molecule has 3 rings (SSSR count). The first-order chi connectivity index (χ1) is 11.1. The minimum Gasteiger partial charge on any atom is -0.343 e. The molecule has 0 aromatic carbocycles. The minimum atomic E-state index is 0. The number of amides is 1. The van der Waals surface area contributed by atoms with Crippen LogP contribution in [0.1, 0.15) is 50.6 Å². The second kappa shape index (κ2) is 10.4. The number of piperidine rings is 2. The Morgan fingerprint density at radius 2 is 2.04 bits per heavy atom. The average Bonchev–Trinajstić information content (AvgIpc) is 3.02. The molecule has 7 heteroatoms. The Morgan fingerprint density at radius 1 is 1.32 bits per heavy atom. The summed E-state index contributed by atoms with van der Waals surface area (Å²) >= 11 is 0. The van der Waals surface area contributed by atoms with Gasteiger partial charge in [0.05, 0.1) is 0 Å². The van der Waals surface area contributed by atoms with Crippen molar-refractivity contribution in [2.45, 2.75) is 44.9 Å². The van der Waals surface area contributed by atoms with E-state index in [4.69, 9.17) is 0 Å². The molecule has 0 aliphatic carbocycles. The lowest BCUT2D eigenvalue weighted by Crippen LogP contribution is -2.40. The van der Waals surface area contributed by atoms with E-state index in [1.807, 2.05) is 17.9 Å². The van der Waals surface area contributed by atoms with Gasteiger partial charge in [-0.2, -0.15) is 5.10 Å². The Labute approximate surface area is 163 Å². The van der Waals surface area contributed by atoms with Gasteiger partial charge in [0, 0.05) is 44.4 Å². The molecule has 0 bridgehead atoms. The number of likely N-dealkylation sites (tertiary alicyclic amines) is 1. The SMILES string of the molecule is CC(CC(=O)N1CCC(c2ccnn2C)CC1)C1CCCNC1.Cl.Cl. The highest BCUT2D eigenvalue weighted by Crippen LogP contribution is 2.29. The Hall–Kier alpha value is -0.780. The molecule has 2 unspecified atom stereocenters. The molecular formula is C18H32Cl2N4O. The second-order valence-electron chi connectivity index (χ2n) is 7.32. The van der Waals surface area contributed by atoms with Gasteiger partial charge in [0.25, 0.3) is 0 Å². The number of rotatable bonds is 4. The lowest BCUT2D eigenvalue weighted by Gasteiger charge is -2.34. The van der Waals surface area contributed by atoms with Crippen LogP contribution < -0.4 is 5.32 Å². The van der Waals surface area contributed by atoms with Crippen molar-refractivity contribution in [3.05, 3.63) is 18.0 Å². The summed E-state index contributed by atoms with van der Waals surface area (Å²) < 4.78 is 1.97. The minimum absolute atomic E-state index is 0. The molecular weight excluding hydrogens is 359 g/mol. The molecule has 0 spiro atoms. The monoisotopic (exact) mass is 390 g/mol. The van der Waals surface area contributed by atoms with Gasteiger partial charge in [-0.25, -0.2) is 0 Å². The summed E-state index contributed by atoms with van der Waals surface area (Å²) in [7, 11) is 2.01. The molecule has 2 atom stereocenters. The Kier molecular flexibility index (Phi) is 9.25. The van der Waals surface area contributed by atoms with Gasteiger partial charge in [-0.05, 0) is 56.7 Å². The van der Waals surface area contributed by atoms with Crippen molar-refractivity contribution in [2.24, 2.45) is 18.9 Å². The number of aryl methyl sites for hydroxylation is 1. The molecule has 1 N–H and O–H groups in total. The molecule has 1 aromatic rings. The van der Waals surface area contributed by atoms with E-state index < -0.39 is 0 Å². The van der Waals surface area contributed by atoms with Crippen molar-refractivity contribution >= 4 is 30.7 Å². The molecule has 1 amide bonds. The summed E-state index contributed by atoms with van der Waals surface area (Å²) in [6.45, 7) is 6.25. The van der Waals surface area contributed by atoms with E-state index in [2.05, 4.69) is 28.3 Å². The number of halogens is 2. The van der Waals surface area contributed by atoms with E-state index in [1.54, 1.807) is 0 Å². The van der Waals surface area contributed by atoms with Gasteiger partial charge >= 0.3 is 0 Å². The highest BCUT2D eigenvalue weighted by Gasteiger charge is 2.28. The Bertz CT molecular complexity index is 523. The molecule has 0 radical (unpaired) electrons. The molecule has 25 heavy (non-hydrogen) atoms. The van der Waals surface area contributed by atoms with E-state index >= 15 is 0 Å². The van der Waals surface area contributed by atoms with Gasteiger partial charge in [0.15, 0.2) is 0 Å². The standard InChI is InChI=1S/C18H30N4O.2ClH/c1-14(16-4-3-8-19-13-16)12-18(23)22-10-6-15(7-11-22)17-5-9-20-21(17)2;;/h5,9,14-16,19H,3-4,6-8,10-13H2,1-2H3;2*1H. The van der Waals surface area contributed by atoms with E-state index in [0.717, 1.165) is 39.0 Å². The van der Waals surface area contributed by atoms with E-state index in [9.17, 15) is 4.79 Å². The number of aromatic nitrogens is 2. The lowest BCUT2D eigenvalue weighted by atomic mass is 9.85. The molecule has 5 nitrogen and oxygen atoms in total. The maximum atomic E-state index is 12.6. The van der Waals surface area contributed by atoms with E-state index in [0.29, 0.717) is 30.1 Å². The quantitative estimate of drug-likeness (QED) is 0.859. The summed E-state index contributed by atoms with van der Waals surface area (Å²) in [6, 6.07) is 2.11. The number of nitrogens with zero attached hydrogens (tertiary/aromatic N) is 3. The largest absolute Gasteiger partial charge is 0.343 e. The Morgan fingerprint density at radius 3 is 2.60 bits per heavy atom. The van der Waals surface area contributed by atoms with Crippen LogP contribution in [0, 0.1) is 11.8 Å². The maximum absolute atomic E-state index is 12.6. The molecule has 2 aliphatic rings. The topological polar surface area (TPSA) is 50.2 Å². The molecule has 2 fully saturated rings. The van der Waals surface area contributed by atoms with Crippen LogP contribution in [0.3, 0.4) is 0 Å². The fourth-order valence-electron chi connectivity index (χ4n) is 4.14. The number of hydrogen-bond donors (Lipinski definition) is 1. The van der Waals surface area contributed by atoms with Crippen LogP contribution in [0.25, 0.3) is 0 Å². The van der Waals surface area contributed by atoms with Crippen molar-refractivity contribution in [3.63, 3.8) is 0 Å². The zero-order valence-electron chi connectivity index (χ0n) is 15.3. The average molecular weight is 391 g/mol. The predicted octanol–water partition coefficient (Wildman–Crippen LogP) is 3.00. The molecule has 3 heterocycles. The van der Waals surface area contributed by atoms with Crippen LogP contribution in [0.5, 0.6) is 0 Å². The van der Waals surface area contributed by atoms with Crippen molar-refractivity contribution in [1.82, 2.24) is 20.0 Å². The van der Waals surface area contributed by atoms with E-state index in [-0.39, 0.29) is 24.8 Å². The third-order valence-corrected chi connectivity index (χ3v) is 5.76. The third-order valence-electron chi connectivity index (χ3n) is 5.76. The van der Waals surface area contributed by atoms with Crippen LogP contribution in [0.4, 0.5) is 0 Å². The van der Waals surface area contributed by atoms with Gasteiger partial charge in [-0.3, -0.25) is 9.48 Å². The normalized spacial score (nSPS) is 22.6. The van der Waals surface area contributed by atoms with Gasteiger partial charge in [-0.15, -0.1) is 24.8 Å². The number of hydrogen-bond acceptors (Lipinski definition) is 3. The fourth-order valence-corrected chi connectivity index (χ4v) is 4.14. The first-order valence-corrected chi connectivity index (χ1v) is 9.11. The first-order valence-electron chi connectivity index (χ1n) is 9.11.